The number of hydrogen-bond donors (Lipinski definition) is 2. The summed E-state index contributed by atoms with van der Waals surface area (Å²) in [6.45, 7) is 3.16. The second-order valence-corrected chi connectivity index (χ2v) is 6.19. The molecule has 1 fully saturated rings. The lowest BCUT2D eigenvalue weighted by molar-refractivity contribution is -0.121. The molecule has 124 valence electrons. The van der Waals surface area contributed by atoms with Crippen molar-refractivity contribution in [2.24, 2.45) is 0 Å². The second kappa shape index (κ2) is 8.32. The van der Waals surface area contributed by atoms with Crippen LogP contribution in [0.5, 0.6) is 0 Å². The van der Waals surface area contributed by atoms with Gasteiger partial charge in [-0.2, -0.15) is 0 Å². The van der Waals surface area contributed by atoms with Crippen LogP contribution < -0.4 is 10.6 Å². The van der Waals surface area contributed by atoms with Gasteiger partial charge < -0.3 is 10.6 Å². The van der Waals surface area contributed by atoms with Crippen LogP contribution in [-0.2, 0) is 4.79 Å². The van der Waals surface area contributed by atoms with Crippen LogP contribution in [0.15, 0.2) is 42.5 Å². The molecule has 2 atom stereocenters. The molecule has 0 spiro atoms. The third kappa shape index (κ3) is 4.46. The molecule has 1 amide bonds. The molecule has 0 aliphatic carbocycles. The number of hydrogen-bond acceptors (Lipinski definition) is 2. The van der Waals surface area contributed by atoms with Gasteiger partial charge in [0.25, 0.3) is 0 Å². The molecule has 0 bridgehead atoms. The Morgan fingerprint density at radius 2 is 2.04 bits per heavy atom. The smallest absolute Gasteiger partial charge is 0.220 e. The van der Waals surface area contributed by atoms with Crippen molar-refractivity contribution in [3.8, 4) is 0 Å². The third-order valence-electron chi connectivity index (χ3n) is 4.55. The van der Waals surface area contributed by atoms with Crippen LogP contribution in [0.25, 0.3) is 10.8 Å². The van der Waals surface area contributed by atoms with Gasteiger partial charge in [0, 0.05) is 12.5 Å². The Morgan fingerprint density at radius 3 is 2.83 bits per heavy atom. The lowest BCUT2D eigenvalue weighted by atomic mass is 9.99. The molecule has 4 heteroatoms. The SMILES string of the molecule is CC(NC(=O)CCC1CCCN1)c1cccc2ccccc12.Cl. The summed E-state index contributed by atoms with van der Waals surface area (Å²) >= 11 is 0. The second-order valence-electron chi connectivity index (χ2n) is 6.19. The molecule has 2 unspecified atom stereocenters. The molecule has 0 radical (unpaired) electrons. The van der Waals surface area contributed by atoms with Crippen molar-refractivity contribution < 1.29 is 4.79 Å². The third-order valence-corrected chi connectivity index (χ3v) is 4.55. The summed E-state index contributed by atoms with van der Waals surface area (Å²) in [5, 5.41) is 9.02. The van der Waals surface area contributed by atoms with Gasteiger partial charge in [-0.05, 0) is 49.1 Å². The first-order valence-corrected chi connectivity index (χ1v) is 8.24. The van der Waals surface area contributed by atoms with E-state index >= 15 is 0 Å². The van der Waals surface area contributed by atoms with Crippen LogP contribution in [0.1, 0.15) is 44.2 Å². The molecule has 2 N–H and O–H groups in total. The van der Waals surface area contributed by atoms with E-state index in [1.165, 1.54) is 29.2 Å². The van der Waals surface area contributed by atoms with Gasteiger partial charge in [0.2, 0.25) is 5.91 Å². The van der Waals surface area contributed by atoms with Gasteiger partial charge in [0.05, 0.1) is 6.04 Å². The first kappa shape index (κ1) is 17.8. The number of amides is 1. The summed E-state index contributed by atoms with van der Waals surface area (Å²) in [6, 6.07) is 15.2. The average molecular weight is 333 g/mol. The number of benzene rings is 2. The standard InChI is InChI=1S/C19H24N2O.ClH/c1-14(21-19(22)12-11-16-8-5-13-20-16)17-10-4-7-15-6-2-3-9-18(15)17;/h2-4,6-7,9-10,14,16,20H,5,8,11-13H2,1H3,(H,21,22);1H. The van der Waals surface area contributed by atoms with E-state index in [1.807, 2.05) is 12.1 Å². The van der Waals surface area contributed by atoms with Gasteiger partial charge in [0.1, 0.15) is 0 Å². The highest BCUT2D eigenvalue weighted by Gasteiger charge is 2.17. The van der Waals surface area contributed by atoms with Crippen LogP contribution in [0.2, 0.25) is 0 Å². The van der Waals surface area contributed by atoms with Gasteiger partial charge in [-0.25, -0.2) is 0 Å². The van der Waals surface area contributed by atoms with E-state index < -0.39 is 0 Å². The molecule has 3 nitrogen and oxygen atoms in total. The molecular weight excluding hydrogens is 308 g/mol. The largest absolute Gasteiger partial charge is 0.350 e. The first-order chi connectivity index (χ1) is 10.7. The van der Waals surface area contributed by atoms with E-state index in [1.54, 1.807) is 0 Å². The fourth-order valence-corrected chi connectivity index (χ4v) is 3.33. The van der Waals surface area contributed by atoms with Gasteiger partial charge in [0.15, 0.2) is 0 Å². The normalized spacial score (nSPS) is 18.4. The fourth-order valence-electron chi connectivity index (χ4n) is 3.33. The maximum atomic E-state index is 12.2. The first-order valence-electron chi connectivity index (χ1n) is 8.24. The van der Waals surface area contributed by atoms with Crippen molar-refractivity contribution in [3.05, 3.63) is 48.0 Å². The van der Waals surface area contributed by atoms with E-state index in [0.717, 1.165) is 13.0 Å². The van der Waals surface area contributed by atoms with Crippen LogP contribution >= 0.6 is 12.4 Å². The molecule has 1 saturated heterocycles. The minimum Gasteiger partial charge on any atom is -0.350 e. The summed E-state index contributed by atoms with van der Waals surface area (Å²) in [6.07, 6.45) is 3.98. The Labute approximate surface area is 144 Å². The van der Waals surface area contributed by atoms with Crippen LogP contribution in [0, 0.1) is 0 Å². The highest BCUT2D eigenvalue weighted by atomic mass is 35.5. The maximum Gasteiger partial charge on any atom is 0.220 e. The van der Waals surface area contributed by atoms with Crippen LogP contribution in [-0.4, -0.2) is 18.5 Å². The summed E-state index contributed by atoms with van der Waals surface area (Å²) in [4.78, 5) is 12.2. The van der Waals surface area contributed by atoms with Crippen LogP contribution in [0.4, 0.5) is 0 Å². The Balaban J connectivity index is 0.00000192. The number of carbonyl (C=O) groups is 1. The van der Waals surface area contributed by atoms with Crippen molar-refractivity contribution in [3.63, 3.8) is 0 Å². The molecule has 0 saturated carbocycles. The Bertz CT molecular complexity index is 647. The zero-order valence-electron chi connectivity index (χ0n) is 13.5. The Hall–Kier alpha value is -1.58. The van der Waals surface area contributed by atoms with Crippen molar-refractivity contribution >= 4 is 29.1 Å². The Kier molecular flexibility index (Phi) is 6.43. The van der Waals surface area contributed by atoms with Gasteiger partial charge in [-0.15, -0.1) is 12.4 Å². The highest BCUT2D eigenvalue weighted by molar-refractivity contribution is 5.87. The zero-order chi connectivity index (χ0) is 15.4. The van der Waals surface area contributed by atoms with E-state index in [0.29, 0.717) is 12.5 Å². The number of halogens is 1. The van der Waals surface area contributed by atoms with E-state index in [9.17, 15) is 4.79 Å². The van der Waals surface area contributed by atoms with E-state index in [2.05, 4.69) is 47.9 Å². The van der Waals surface area contributed by atoms with Crippen molar-refractivity contribution in [2.75, 3.05) is 6.54 Å². The monoisotopic (exact) mass is 332 g/mol. The zero-order valence-corrected chi connectivity index (χ0v) is 14.4. The van der Waals surface area contributed by atoms with Gasteiger partial charge in [-0.3, -0.25) is 4.79 Å². The topological polar surface area (TPSA) is 41.1 Å². The molecule has 1 heterocycles. The van der Waals surface area contributed by atoms with E-state index in [4.69, 9.17) is 0 Å². The summed E-state index contributed by atoms with van der Waals surface area (Å²) in [5.41, 5.74) is 1.19. The van der Waals surface area contributed by atoms with Gasteiger partial charge >= 0.3 is 0 Å². The number of nitrogens with one attached hydrogen (secondary N) is 2. The minimum atomic E-state index is 0. The summed E-state index contributed by atoms with van der Waals surface area (Å²) in [7, 11) is 0. The van der Waals surface area contributed by atoms with Crippen molar-refractivity contribution in [1.29, 1.82) is 0 Å². The Morgan fingerprint density at radius 1 is 1.26 bits per heavy atom. The quantitative estimate of drug-likeness (QED) is 0.869. The molecule has 1 aliphatic rings. The minimum absolute atomic E-state index is 0. The molecule has 0 aromatic heterocycles. The molecule has 3 rings (SSSR count). The molecular formula is C19H25ClN2O. The number of carbonyl (C=O) groups excluding carboxylic acids is 1. The van der Waals surface area contributed by atoms with Crippen molar-refractivity contribution in [1.82, 2.24) is 10.6 Å². The molecule has 1 aliphatic heterocycles. The number of fused-ring (bicyclic) bond motifs is 1. The maximum absolute atomic E-state index is 12.2. The molecule has 2 aromatic carbocycles. The average Bonchev–Trinajstić information content (AvgIpc) is 3.06. The lowest BCUT2D eigenvalue weighted by Gasteiger charge is -2.17. The number of rotatable bonds is 5. The van der Waals surface area contributed by atoms with Crippen molar-refractivity contribution in [2.45, 2.75) is 44.7 Å². The summed E-state index contributed by atoms with van der Waals surface area (Å²) in [5.74, 6) is 0.147. The predicted octanol–water partition coefficient (Wildman–Crippen LogP) is 3.97. The lowest BCUT2D eigenvalue weighted by Crippen LogP contribution is -2.29. The summed E-state index contributed by atoms with van der Waals surface area (Å²) < 4.78 is 0. The molecule has 2 aromatic rings. The van der Waals surface area contributed by atoms with Gasteiger partial charge in [-0.1, -0.05) is 42.5 Å². The van der Waals surface area contributed by atoms with E-state index in [-0.39, 0.29) is 24.4 Å². The fraction of sp³-hybridized carbons (Fsp3) is 0.421. The molecule has 23 heavy (non-hydrogen) atoms. The highest BCUT2D eigenvalue weighted by Crippen LogP contribution is 2.24. The van der Waals surface area contributed by atoms with Crippen LogP contribution in [0.3, 0.4) is 0 Å². The predicted molar refractivity (Wildman–Crippen MR) is 98.0 cm³/mol.